The molecule has 1 aromatic carbocycles. The van der Waals surface area contributed by atoms with Crippen LogP contribution in [0.2, 0.25) is 0 Å². The maximum atomic E-state index is 10.9. The highest BCUT2D eigenvalue weighted by atomic mass is 16.3. The average Bonchev–Trinajstić information content (AvgIpc) is 3.09. The Labute approximate surface area is 159 Å². The van der Waals surface area contributed by atoms with Crippen LogP contribution in [0.3, 0.4) is 0 Å². The summed E-state index contributed by atoms with van der Waals surface area (Å²) in [6.45, 7) is 1.67. The number of benzene rings is 1. The number of carbonyl (C=O) groups is 1. The lowest BCUT2D eigenvalue weighted by molar-refractivity contribution is -0.117. The minimum Gasteiger partial charge on any atom is -0.393 e. The molecule has 0 heterocycles. The molecule has 1 aliphatic rings. The van der Waals surface area contributed by atoms with Crippen LogP contribution in [0.5, 0.6) is 0 Å². The molecule has 0 spiro atoms. The van der Waals surface area contributed by atoms with E-state index in [1.165, 1.54) is 37.7 Å². The third-order valence-corrected chi connectivity index (χ3v) is 5.80. The van der Waals surface area contributed by atoms with E-state index in [9.17, 15) is 9.90 Å². The van der Waals surface area contributed by atoms with E-state index in [1.807, 2.05) is 6.07 Å². The van der Waals surface area contributed by atoms with Gasteiger partial charge in [-0.15, -0.1) is 0 Å². The zero-order valence-corrected chi connectivity index (χ0v) is 16.4. The van der Waals surface area contributed by atoms with Crippen LogP contribution < -0.4 is 0 Å². The number of Topliss-reactive ketones (excluding diaryl/α,β-unsaturated/α-hetero) is 1. The van der Waals surface area contributed by atoms with E-state index in [0.717, 1.165) is 43.9 Å². The lowest BCUT2D eigenvalue weighted by Gasteiger charge is -2.20. The van der Waals surface area contributed by atoms with Crippen molar-refractivity contribution in [3.63, 3.8) is 0 Å². The van der Waals surface area contributed by atoms with Crippen LogP contribution in [0.1, 0.15) is 76.7 Å². The fraction of sp³-hybridized carbons (Fsp3) is 0.625. The second-order valence-corrected chi connectivity index (χ2v) is 8.01. The number of rotatable bonds is 12. The fourth-order valence-electron chi connectivity index (χ4n) is 4.19. The zero-order chi connectivity index (χ0) is 18.6. The smallest absolute Gasteiger partial charge is 0.129 e. The molecule has 1 N–H and O–H groups in total. The van der Waals surface area contributed by atoms with Crippen molar-refractivity contribution >= 4 is 5.78 Å². The molecule has 0 bridgehead atoms. The van der Waals surface area contributed by atoms with Crippen LogP contribution in [0.15, 0.2) is 42.5 Å². The Balaban J connectivity index is 1.61. The number of hydrogen-bond donors (Lipinski definition) is 1. The summed E-state index contributed by atoms with van der Waals surface area (Å²) in [5.74, 6) is 1.86. The lowest BCUT2D eigenvalue weighted by atomic mass is 9.87. The Bertz CT molecular complexity index is 534. The minimum atomic E-state index is -0.168. The Morgan fingerprint density at radius 1 is 1.15 bits per heavy atom. The van der Waals surface area contributed by atoms with E-state index < -0.39 is 0 Å². The molecule has 0 unspecified atom stereocenters. The molecule has 144 valence electrons. The van der Waals surface area contributed by atoms with Crippen LogP contribution in [-0.4, -0.2) is 17.0 Å². The van der Waals surface area contributed by atoms with Crippen molar-refractivity contribution in [1.82, 2.24) is 0 Å². The Hall–Kier alpha value is -1.41. The maximum Gasteiger partial charge on any atom is 0.129 e. The minimum absolute atomic E-state index is 0.168. The summed E-state index contributed by atoms with van der Waals surface area (Å²) in [6, 6.07) is 10.5. The normalized spacial score (nSPS) is 21.3. The monoisotopic (exact) mass is 356 g/mol. The average molecular weight is 357 g/mol. The van der Waals surface area contributed by atoms with Crippen LogP contribution >= 0.6 is 0 Å². The SMILES string of the molecule is CC(=O)CCC/C=C\C[C@H]1CCC[C@@H]1CC[C@@H](O)CCc1ccccc1. The van der Waals surface area contributed by atoms with Crippen molar-refractivity contribution in [2.75, 3.05) is 0 Å². The highest BCUT2D eigenvalue weighted by Crippen LogP contribution is 2.37. The Morgan fingerprint density at radius 3 is 2.69 bits per heavy atom. The van der Waals surface area contributed by atoms with E-state index in [2.05, 4.69) is 36.4 Å². The van der Waals surface area contributed by atoms with Gasteiger partial charge in [-0.2, -0.15) is 0 Å². The van der Waals surface area contributed by atoms with Crippen molar-refractivity contribution in [3.05, 3.63) is 48.0 Å². The predicted molar refractivity (Wildman–Crippen MR) is 109 cm³/mol. The lowest BCUT2D eigenvalue weighted by Crippen LogP contribution is -2.13. The molecular formula is C24H36O2. The summed E-state index contributed by atoms with van der Waals surface area (Å²) in [7, 11) is 0. The van der Waals surface area contributed by atoms with Crippen molar-refractivity contribution < 1.29 is 9.90 Å². The summed E-state index contributed by atoms with van der Waals surface area (Å²) >= 11 is 0. The molecule has 0 radical (unpaired) electrons. The first-order chi connectivity index (χ1) is 12.6. The molecule has 26 heavy (non-hydrogen) atoms. The number of aliphatic hydroxyl groups excluding tert-OH is 1. The first kappa shape index (κ1) is 20.9. The fourth-order valence-corrected chi connectivity index (χ4v) is 4.19. The van der Waals surface area contributed by atoms with Gasteiger partial charge in [-0.25, -0.2) is 0 Å². The van der Waals surface area contributed by atoms with Crippen molar-refractivity contribution in [3.8, 4) is 0 Å². The van der Waals surface area contributed by atoms with Crippen molar-refractivity contribution in [2.24, 2.45) is 11.8 Å². The van der Waals surface area contributed by atoms with Gasteiger partial charge in [-0.05, 0) is 75.7 Å². The number of unbranched alkanes of at least 4 members (excludes halogenated alkanes) is 1. The largest absolute Gasteiger partial charge is 0.393 e. The molecule has 1 aliphatic carbocycles. The third-order valence-electron chi connectivity index (χ3n) is 5.80. The quantitative estimate of drug-likeness (QED) is 0.375. The molecule has 2 nitrogen and oxygen atoms in total. The van der Waals surface area contributed by atoms with Gasteiger partial charge in [0.15, 0.2) is 0 Å². The zero-order valence-electron chi connectivity index (χ0n) is 16.4. The second-order valence-electron chi connectivity index (χ2n) is 8.01. The summed E-state index contributed by atoms with van der Waals surface area (Å²) < 4.78 is 0. The summed E-state index contributed by atoms with van der Waals surface area (Å²) in [6.07, 6.45) is 16.3. The number of ketones is 1. The van der Waals surface area contributed by atoms with Crippen LogP contribution in [0.25, 0.3) is 0 Å². The van der Waals surface area contributed by atoms with Crippen molar-refractivity contribution in [2.45, 2.75) is 83.7 Å². The van der Waals surface area contributed by atoms with Gasteiger partial charge in [0.1, 0.15) is 5.78 Å². The molecule has 3 atom stereocenters. The van der Waals surface area contributed by atoms with Crippen molar-refractivity contribution in [1.29, 1.82) is 0 Å². The summed E-state index contributed by atoms with van der Waals surface area (Å²) in [4.78, 5) is 10.9. The van der Waals surface area contributed by atoms with Gasteiger partial charge in [-0.1, -0.05) is 55.3 Å². The van der Waals surface area contributed by atoms with E-state index in [4.69, 9.17) is 0 Å². The molecule has 0 aromatic heterocycles. The predicted octanol–water partition coefficient (Wildman–Crippen LogP) is 5.88. The maximum absolute atomic E-state index is 10.9. The Kier molecular flexibility index (Phi) is 9.70. The second kappa shape index (κ2) is 12.1. The van der Waals surface area contributed by atoms with Gasteiger partial charge < -0.3 is 9.90 Å². The van der Waals surface area contributed by atoms with Gasteiger partial charge in [-0.3, -0.25) is 0 Å². The van der Waals surface area contributed by atoms with Crippen LogP contribution in [-0.2, 0) is 11.2 Å². The standard InChI is InChI=1S/C24H36O2/c1-20(25)10-5-2-3-8-13-22-14-9-15-23(22)17-19-24(26)18-16-21-11-6-4-7-12-21/h3-4,6-8,11-12,22-24,26H,2,5,9-10,13-19H2,1H3/b8-3-/t22-,23+,24-/m0/s1. The molecule has 0 saturated heterocycles. The van der Waals surface area contributed by atoms with Crippen LogP contribution in [0, 0.1) is 11.8 Å². The Morgan fingerprint density at radius 2 is 1.92 bits per heavy atom. The van der Waals surface area contributed by atoms with Gasteiger partial charge in [0.2, 0.25) is 0 Å². The van der Waals surface area contributed by atoms with E-state index in [-0.39, 0.29) is 6.10 Å². The van der Waals surface area contributed by atoms with Gasteiger partial charge in [0.05, 0.1) is 6.10 Å². The molecule has 1 fully saturated rings. The number of aliphatic hydroxyl groups is 1. The molecule has 2 rings (SSSR count). The van der Waals surface area contributed by atoms with Crippen LogP contribution in [0.4, 0.5) is 0 Å². The topological polar surface area (TPSA) is 37.3 Å². The number of carbonyl (C=O) groups excluding carboxylic acids is 1. The third kappa shape index (κ3) is 8.31. The van der Waals surface area contributed by atoms with Gasteiger partial charge >= 0.3 is 0 Å². The number of aryl methyl sites for hydroxylation is 1. The van der Waals surface area contributed by atoms with E-state index in [0.29, 0.717) is 12.2 Å². The first-order valence-corrected chi connectivity index (χ1v) is 10.5. The molecular weight excluding hydrogens is 320 g/mol. The molecule has 2 heteroatoms. The molecule has 1 aromatic rings. The number of hydrogen-bond acceptors (Lipinski definition) is 2. The summed E-state index contributed by atoms with van der Waals surface area (Å²) in [5.41, 5.74) is 1.32. The van der Waals surface area contributed by atoms with E-state index in [1.54, 1.807) is 6.92 Å². The summed E-state index contributed by atoms with van der Waals surface area (Å²) in [5, 5.41) is 10.3. The molecule has 1 saturated carbocycles. The number of allylic oxidation sites excluding steroid dienone is 2. The van der Waals surface area contributed by atoms with E-state index >= 15 is 0 Å². The highest BCUT2D eigenvalue weighted by molar-refractivity contribution is 5.75. The molecule has 0 aliphatic heterocycles. The molecule has 0 amide bonds. The van der Waals surface area contributed by atoms with Gasteiger partial charge in [0.25, 0.3) is 0 Å². The first-order valence-electron chi connectivity index (χ1n) is 10.5. The van der Waals surface area contributed by atoms with Gasteiger partial charge in [0, 0.05) is 6.42 Å². The highest BCUT2D eigenvalue weighted by Gasteiger charge is 2.26.